The number of nitrogens with zero attached hydrogens (tertiary/aromatic N) is 2. The van der Waals surface area contributed by atoms with Crippen LogP contribution in [-0.4, -0.2) is 11.0 Å². The van der Waals surface area contributed by atoms with Gasteiger partial charge in [-0.2, -0.15) is 0 Å². The molecule has 0 fully saturated rings. The van der Waals surface area contributed by atoms with Crippen LogP contribution in [0, 0.1) is 0 Å². The second-order valence-corrected chi connectivity index (χ2v) is 9.16. The monoisotopic (exact) mass is 456 g/mol. The summed E-state index contributed by atoms with van der Waals surface area (Å²) in [6.07, 6.45) is 0. The molecule has 0 saturated heterocycles. The standard InChI is InChI=1S/C24H22N2O2S2.Na/c1-16(2)17-8-10-18(11-9-17)22-15-30-24(25-22)26(14-21-7-4-12-29-21)20-6-3-5-19(13-20)23(27)28;/h3-13,15-16H,14H2,1-2H3,(H,27,28);/q;+1/p-1. The van der Waals surface area contributed by atoms with Crippen LogP contribution in [-0.2, 0) is 6.54 Å². The normalized spacial score (nSPS) is 10.7. The molecule has 31 heavy (non-hydrogen) atoms. The third kappa shape index (κ3) is 5.64. The van der Waals surface area contributed by atoms with Crippen molar-refractivity contribution in [2.75, 3.05) is 4.90 Å². The summed E-state index contributed by atoms with van der Waals surface area (Å²) in [6.45, 7) is 4.98. The minimum Gasteiger partial charge on any atom is -0.545 e. The number of benzene rings is 2. The van der Waals surface area contributed by atoms with Crippen LogP contribution in [0.2, 0.25) is 0 Å². The summed E-state index contributed by atoms with van der Waals surface area (Å²) in [5.74, 6) is -0.694. The van der Waals surface area contributed by atoms with Gasteiger partial charge in [0.05, 0.1) is 18.2 Å². The van der Waals surface area contributed by atoms with Gasteiger partial charge < -0.3 is 14.8 Å². The van der Waals surface area contributed by atoms with E-state index in [2.05, 4.69) is 49.1 Å². The van der Waals surface area contributed by atoms with Crippen molar-refractivity contribution in [3.8, 4) is 11.3 Å². The minimum absolute atomic E-state index is 0. The summed E-state index contributed by atoms with van der Waals surface area (Å²) >= 11 is 3.22. The molecule has 0 N–H and O–H groups in total. The van der Waals surface area contributed by atoms with Crippen LogP contribution in [0.5, 0.6) is 0 Å². The smallest absolute Gasteiger partial charge is 0.545 e. The zero-order valence-electron chi connectivity index (χ0n) is 17.7. The third-order valence-electron chi connectivity index (χ3n) is 4.88. The average Bonchev–Trinajstić information content (AvgIpc) is 3.44. The van der Waals surface area contributed by atoms with Crippen molar-refractivity contribution in [1.82, 2.24) is 4.98 Å². The maximum Gasteiger partial charge on any atom is 1.00 e. The molecule has 4 rings (SSSR count). The first-order valence-electron chi connectivity index (χ1n) is 9.68. The largest absolute Gasteiger partial charge is 1.00 e. The molecular formula is C24H21N2NaO2S2. The van der Waals surface area contributed by atoms with Crippen LogP contribution < -0.4 is 39.6 Å². The molecule has 2 aromatic carbocycles. The second kappa shape index (κ2) is 10.6. The van der Waals surface area contributed by atoms with Crippen molar-refractivity contribution < 1.29 is 39.5 Å². The predicted octanol–water partition coefficient (Wildman–Crippen LogP) is 2.70. The van der Waals surface area contributed by atoms with E-state index in [1.54, 1.807) is 40.9 Å². The molecule has 2 aromatic heterocycles. The number of anilines is 2. The molecule has 4 aromatic rings. The van der Waals surface area contributed by atoms with Crippen molar-refractivity contribution in [2.45, 2.75) is 26.3 Å². The van der Waals surface area contributed by atoms with Gasteiger partial charge in [0, 0.05) is 21.5 Å². The summed E-state index contributed by atoms with van der Waals surface area (Å²) in [4.78, 5) is 19.4. The molecule has 7 heteroatoms. The first-order chi connectivity index (χ1) is 14.5. The Kier molecular flexibility index (Phi) is 8.08. The fourth-order valence-corrected chi connectivity index (χ4v) is 4.73. The Morgan fingerprint density at radius 3 is 2.48 bits per heavy atom. The van der Waals surface area contributed by atoms with Crippen LogP contribution in [0.4, 0.5) is 10.8 Å². The maximum atomic E-state index is 11.4. The molecule has 152 valence electrons. The van der Waals surface area contributed by atoms with Crippen molar-refractivity contribution in [2.24, 2.45) is 0 Å². The maximum absolute atomic E-state index is 11.4. The van der Waals surface area contributed by atoms with E-state index in [4.69, 9.17) is 4.98 Å². The van der Waals surface area contributed by atoms with E-state index in [-0.39, 0.29) is 35.1 Å². The number of aromatic nitrogens is 1. The zero-order valence-corrected chi connectivity index (χ0v) is 21.4. The van der Waals surface area contributed by atoms with E-state index >= 15 is 0 Å². The van der Waals surface area contributed by atoms with Crippen molar-refractivity contribution in [3.63, 3.8) is 0 Å². The van der Waals surface area contributed by atoms with E-state index in [9.17, 15) is 9.90 Å². The molecule has 0 saturated carbocycles. The Morgan fingerprint density at radius 1 is 1.06 bits per heavy atom. The molecule has 0 atom stereocenters. The molecule has 4 nitrogen and oxygen atoms in total. The van der Waals surface area contributed by atoms with Crippen molar-refractivity contribution in [1.29, 1.82) is 0 Å². The molecule has 0 aliphatic heterocycles. The van der Waals surface area contributed by atoms with E-state index in [1.165, 1.54) is 10.4 Å². The molecule has 2 heterocycles. The van der Waals surface area contributed by atoms with Gasteiger partial charge in [-0.3, -0.25) is 0 Å². The second-order valence-electron chi connectivity index (χ2n) is 7.30. The summed E-state index contributed by atoms with van der Waals surface area (Å²) in [7, 11) is 0. The number of carboxylic acid groups (broad SMARTS) is 1. The first-order valence-corrected chi connectivity index (χ1v) is 11.4. The molecule has 0 aliphatic rings. The Labute approximate surface area is 212 Å². The molecule has 0 unspecified atom stereocenters. The number of hydrogen-bond acceptors (Lipinski definition) is 6. The van der Waals surface area contributed by atoms with Crippen molar-refractivity contribution >= 4 is 39.5 Å². The summed E-state index contributed by atoms with van der Waals surface area (Å²) in [6, 6.07) is 19.4. The number of thiazole rings is 1. The summed E-state index contributed by atoms with van der Waals surface area (Å²) in [5.41, 5.74) is 4.22. The van der Waals surface area contributed by atoms with Gasteiger partial charge in [0.1, 0.15) is 0 Å². The zero-order chi connectivity index (χ0) is 21.1. The number of carboxylic acids is 1. The SMILES string of the molecule is CC(C)c1ccc(-c2csc(N(Cc3cccs3)c3cccc(C(=O)[O-])c3)n2)cc1.[Na+]. The van der Waals surface area contributed by atoms with Crippen LogP contribution >= 0.6 is 22.7 Å². The Balaban J connectivity index is 0.00000272. The van der Waals surface area contributed by atoms with E-state index in [1.807, 2.05) is 22.9 Å². The Morgan fingerprint density at radius 2 is 1.84 bits per heavy atom. The number of aromatic carboxylic acids is 1. The van der Waals surface area contributed by atoms with E-state index in [0.29, 0.717) is 12.5 Å². The molecule has 0 radical (unpaired) electrons. The third-order valence-corrected chi connectivity index (χ3v) is 6.61. The number of rotatable bonds is 7. The quantitative estimate of drug-likeness (QED) is 0.401. The molecule has 0 bridgehead atoms. The van der Waals surface area contributed by atoms with Gasteiger partial charge in [0.2, 0.25) is 0 Å². The number of carbonyl (C=O) groups excluding carboxylic acids is 1. The fraction of sp³-hybridized carbons (Fsp3) is 0.167. The van der Waals surface area contributed by atoms with Gasteiger partial charge in [-0.25, -0.2) is 4.98 Å². The van der Waals surface area contributed by atoms with Gasteiger partial charge in [0.15, 0.2) is 5.13 Å². The molecule has 0 amide bonds. The van der Waals surface area contributed by atoms with Gasteiger partial charge >= 0.3 is 29.6 Å². The van der Waals surface area contributed by atoms with Crippen LogP contribution in [0.1, 0.15) is 40.6 Å². The first kappa shape index (κ1) is 23.7. The molecule has 0 aliphatic carbocycles. The number of carbonyl (C=O) groups is 1. The Hall–Kier alpha value is -1.96. The van der Waals surface area contributed by atoms with Crippen molar-refractivity contribution in [3.05, 3.63) is 87.4 Å². The minimum atomic E-state index is -1.18. The summed E-state index contributed by atoms with van der Waals surface area (Å²) < 4.78 is 0. The fourth-order valence-electron chi connectivity index (χ4n) is 3.19. The van der Waals surface area contributed by atoms with Crippen LogP contribution in [0.25, 0.3) is 11.3 Å². The molecule has 0 spiro atoms. The van der Waals surface area contributed by atoms with Gasteiger partial charge in [-0.1, -0.05) is 56.3 Å². The number of thiophene rings is 1. The van der Waals surface area contributed by atoms with E-state index < -0.39 is 5.97 Å². The average molecular weight is 457 g/mol. The Bertz CT molecular complexity index is 1140. The van der Waals surface area contributed by atoms with Crippen LogP contribution in [0.3, 0.4) is 0 Å². The van der Waals surface area contributed by atoms with Gasteiger partial charge in [-0.05, 0) is 40.6 Å². The summed E-state index contributed by atoms with van der Waals surface area (Å²) in [5, 5.41) is 16.3. The predicted molar refractivity (Wildman–Crippen MR) is 123 cm³/mol. The van der Waals surface area contributed by atoms with Gasteiger partial charge in [-0.15, -0.1) is 22.7 Å². The van der Waals surface area contributed by atoms with E-state index in [0.717, 1.165) is 22.1 Å². The van der Waals surface area contributed by atoms with Gasteiger partial charge in [0.25, 0.3) is 0 Å². The molecular weight excluding hydrogens is 435 g/mol. The van der Waals surface area contributed by atoms with Crippen LogP contribution in [0.15, 0.2) is 71.4 Å². The number of hydrogen-bond donors (Lipinski definition) is 0. The topological polar surface area (TPSA) is 56.3 Å².